The van der Waals surface area contributed by atoms with Gasteiger partial charge in [0, 0.05) is 0 Å². The number of amides is 1. The Morgan fingerprint density at radius 3 is 2.48 bits per heavy atom. The number of carbonyl (C=O) groups excluding carboxylic acids is 2. The van der Waals surface area contributed by atoms with Crippen LogP contribution in [0.1, 0.15) is 38.2 Å². The largest absolute Gasteiger partial charge is 0.465 e. The predicted molar refractivity (Wildman–Crippen MR) is 80.2 cm³/mol. The Bertz CT molecular complexity index is 482. The Labute approximate surface area is 125 Å². The first-order valence-electron chi connectivity index (χ1n) is 7.04. The minimum absolute atomic E-state index is 0.115. The van der Waals surface area contributed by atoms with Gasteiger partial charge in [0.2, 0.25) is 0 Å². The summed E-state index contributed by atoms with van der Waals surface area (Å²) >= 11 is 0. The fourth-order valence-corrected chi connectivity index (χ4v) is 1.73. The summed E-state index contributed by atoms with van der Waals surface area (Å²) in [6.45, 7) is 2.19. The van der Waals surface area contributed by atoms with Crippen LogP contribution >= 0.6 is 0 Å². The zero-order valence-electron chi connectivity index (χ0n) is 12.5. The van der Waals surface area contributed by atoms with E-state index in [4.69, 9.17) is 4.74 Å². The van der Waals surface area contributed by atoms with Gasteiger partial charge in [-0.2, -0.15) is 4.99 Å². The van der Waals surface area contributed by atoms with E-state index in [0.717, 1.165) is 24.8 Å². The molecular weight excluding hydrogens is 270 g/mol. The second-order valence-corrected chi connectivity index (χ2v) is 4.55. The van der Waals surface area contributed by atoms with Gasteiger partial charge in [0.25, 0.3) is 0 Å². The van der Waals surface area contributed by atoms with Crippen molar-refractivity contribution in [1.29, 1.82) is 0 Å². The van der Waals surface area contributed by atoms with Crippen molar-refractivity contribution in [2.24, 2.45) is 4.99 Å². The third-order valence-corrected chi connectivity index (χ3v) is 2.87. The lowest BCUT2D eigenvalue weighted by Crippen LogP contribution is -2.18. The van der Waals surface area contributed by atoms with E-state index in [0.29, 0.717) is 6.42 Å². The lowest BCUT2D eigenvalue weighted by Gasteiger charge is -2.05. The highest BCUT2D eigenvalue weighted by Crippen LogP contribution is 2.05. The van der Waals surface area contributed by atoms with E-state index in [1.165, 1.54) is 7.11 Å². The number of benzene rings is 1. The summed E-state index contributed by atoms with van der Waals surface area (Å²) in [6.07, 6.45) is 2.43. The van der Waals surface area contributed by atoms with Gasteiger partial charge in [-0.1, -0.05) is 50.1 Å². The van der Waals surface area contributed by atoms with E-state index >= 15 is 0 Å². The van der Waals surface area contributed by atoms with E-state index in [-0.39, 0.29) is 12.3 Å². The molecule has 0 bridgehead atoms. The fourth-order valence-electron chi connectivity index (χ4n) is 1.73. The number of unbranched alkanes of at least 4 members (excludes halogenated alkanes) is 2. The van der Waals surface area contributed by atoms with E-state index in [1.54, 1.807) is 0 Å². The molecule has 5 nitrogen and oxygen atoms in total. The monoisotopic (exact) mass is 291 g/mol. The lowest BCUT2D eigenvalue weighted by molar-refractivity contribution is -0.132. The number of ether oxygens (including phenoxy) is 2. The van der Waals surface area contributed by atoms with Crippen LogP contribution < -0.4 is 0 Å². The van der Waals surface area contributed by atoms with Crippen LogP contribution in [0.25, 0.3) is 0 Å². The zero-order chi connectivity index (χ0) is 15.5. The highest BCUT2D eigenvalue weighted by atomic mass is 16.5. The van der Waals surface area contributed by atoms with Gasteiger partial charge >= 0.3 is 12.1 Å². The van der Waals surface area contributed by atoms with Crippen molar-refractivity contribution in [1.82, 2.24) is 0 Å². The Kier molecular flexibility index (Phi) is 7.79. The number of nitrogens with zero attached hydrogens (tertiary/aromatic N) is 1. The molecule has 21 heavy (non-hydrogen) atoms. The first-order chi connectivity index (χ1) is 10.2. The second-order valence-electron chi connectivity index (χ2n) is 4.55. The molecule has 0 aliphatic heterocycles. The van der Waals surface area contributed by atoms with Gasteiger partial charge in [-0.25, -0.2) is 9.59 Å². The first-order valence-corrected chi connectivity index (χ1v) is 7.04. The quantitative estimate of drug-likeness (QED) is 0.438. The molecule has 0 atom stereocenters. The predicted octanol–water partition coefficient (Wildman–Crippen LogP) is 3.52. The van der Waals surface area contributed by atoms with E-state index < -0.39 is 12.1 Å². The standard InChI is InChI=1S/C16H21NO4/c1-3-4-6-11-14(15(18)20-2)17-16(19)21-12-13-9-7-5-8-10-13/h5,7-10H,3-4,6,11-12H2,1-2H3. The third-order valence-electron chi connectivity index (χ3n) is 2.87. The Morgan fingerprint density at radius 2 is 1.86 bits per heavy atom. The molecule has 1 aromatic carbocycles. The van der Waals surface area contributed by atoms with Crippen LogP contribution in [0.3, 0.4) is 0 Å². The second kappa shape index (κ2) is 9.69. The number of aliphatic imine (C=N–C) groups is 1. The summed E-state index contributed by atoms with van der Waals surface area (Å²) in [5.41, 5.74) is 0.982. The molecule has 0 aliphatic rings. The van der Waals surface area contributed by atoms with Gasteiger partial charge in [-0.05, 0) is 18.4 Å². The smallest absolute Gasteiger partial charge is 0.434 e. The molecule has 0 saturated heterocycles. The van der Waals surface area contributed by atoms with Crippen LogP contribution in [-0.2, 0) is 20.9 Å². The highest BCUT2D eigenvalue weighted by molar-refractivity contribution is 6.37. The van der Waals surface area contributed by atoms with Crippen LogP contribution in [0, 0.1) is 0 Å². The van der Waals surface area contributed by atoms with Crippen molar-refractivity contribution < 1.29 is 19.1 Å². The van der Waals surface area contributed by atoms with Gasteiger partial charge in [-0.3, -0.25) is 0 Å². The fraction of sp³-hybridized carbons (Fsp3) is 0.438. The van der Waals surface area contributed by atoms with E-state index in [9.17, 15) is 9.59 Å². The first kappa shape index (κ1) is 16.9. The highest BCUT2D eigenvalue weighted by Gasteiger charge is 2.14. The van der Waals surface area contributed by atoms with Crippen molar-refractivity contribution in [3.8, 4) is 0 Å². The van der Waals surface area contributed by atoms with Crippen molar-refractivity contribution >= 4 is 17.8 Å². The topological polar surface area (TPSA) is 65.0 Å². The van der Waals surface area contributed by atoms with E-state index in [2.05, 4.69) is 16.7 Å². The number of carbonyl (C=O) groups is 2. The molecule has 0 heterocycles. The summed E-state index contributed by atoms with van der Waals surface area (Å²) in [5.74, 6) is -0.581. The Balaban J connectivity index is 2.57. The molecule has 0 N–H and O–H groups in total. The SMILES string of the molecule is CCCCCC(=NC(=O)OCc1ccccc1)C(=O)OC. The molecular formula is C16H21NO4. The maximum Gasteiger partial charge on any atom is 0.434 e. The number of hydrogen-bond donors (Lipinski definition) is 0. The molecule has 0 fully saturated rings. The maximum atomic E-state index is 11.7. The van der Waals surface area contributed by atoms with Gasteiger partial charge in [0.05, 0.1) is 7.11 Å². The van der Waals surface area contributed by atoms with Crippen LogP contribution in [0.15, 0.2) is 35.3 Å². The van der Waals surface area contributed by atoms with Gasteiger partial charge in [0.15, 0.2) is 0 Å². The molecule has 0 saturated carbocycles. The van der Waals surface area contributed by atoms with Crippen LogP contribution in [0.4, 0.5) is 4.79 Å². The molecule has 0 aromatic heterocycles. The zero-order valence-corrected chi connectivity index (χ0v) is 12.5. The molecule has 1 rings (SSSR count). The average molecular weight is 291 g/mol. The van der Waals surface area contributed by atoms with Gasteiger partial charge in [-0.15, -0.1) is 0 Å². The number of esters is 1. The molecule has 1 amide bonds. The Hall–Kier alpha value is -2.17. The normalized spacial score (nSPS) is 11.0. The Morgan fingerprint density at radius 1 is 1.14 bits per heavy atom. The summed E-state index contributed by atoms with van der Waals surface area (Å²) < 4.78 is 9.65. The van der Waals surface area contributed by atoms with Crippen molar-refractivity contribution in [2.75, 3.05) is 7.11 Å². The van der Waals surface area contributed by atoms with Crippen molar-refractivity contribution in [3.63, 3.8) is 0 Å². The average Bonchev–Trinajstić information content (AvgIpc) is 2.52. The summed E-state index contributed by atoms with van der Waals surface area (Å²) in [6, 6.07) is 9.29. The minimum atomic E-state index is -0.768. The van der Waals surface area contributed by atoms with E-state index in [1.807, 2.05) is 30.3 Å². The van der Waals surface area contributed by atoms with Gasteiger partial charge < -0.3 is 9.47 Å². The molecule has 0 spiro atoms. The van der Waals surface area contributed by atoms with Crippen molar-refractivity contribution in [2.45, 2.75) is 39.2 Å². The maximum absolute atomic E-state index is 11.7. The number of hydrogen-bond acceptors (Lipinski definition) is 4. The number of methoxy groups -OCH3 is 1. The molecule has 0 unspecified atom stereocenters. The molecule has 114 valence electrons. The van der Waals surface area contributed by atoms with Crippen LogP contribution in [-0.4, -0.2) is 24.9 Å². The van der Waals surface area contributed by atoms with Crippen LogP contribution in [0.5, 0.6) is 0 Å². The molecule has 0 radical (unpaired) electrons. The molecule has 5 heteroatoms. The summed E-state index contributed by atoms with van der Waals surface area (Å²) in [4.78, 5) is 26.9. The molecule has 0 aliphatic carbocycles. The summed E-state index contributed by atoms with van der Waals surface area (Å²) in [7, 11) is 1.27. The van der Waals surface area contributed by atoms with Crippen molar-refractivity contribution in [3.05, 3.63) is 35.9 Å². The molecule has 1 aromatic rings. The minimum Gasteiger partial charge on any atom is -0.465 e. The van der Waals surface area contributed by atoms with Gasteiger partial charge in [0.1, 0.15) is 12.3 Å². The third kappa shape index (κ3) is 6.70. The van der Waals surface area contributed by atoms with Crippen LogP contribution in [0.2, 0.25) is 0 Å². The number of rotatable bonds is 7. The lowest BCUT2D eigenvalue weighted by atomic mass is 10.1. The summed E-state index contributed by atoms with van der Waals surface area (Å²) in [5, 5.41) is 0.